The van der Waals surface area contributed by atoms with Crippen LogP contribution in [-0.2, 0) is 10.4 Å². The number of aryl methyl sites for hydroxylation is 1. The number of halogens is 1. The molecule has 1 aromatic heterocycles. The highest BCUT2D eigenvalue weighted by Crippen LogP contribution is 2.23. The zero-order valence-electron chi connectivity index (χ0n) is 17.2. The number of hydrogen-bond acceptors (Lipinski definition) is 4. The summed E-state index contributed by atoms with van der Waals surface area (Å²) in [5.41, 5.74) is -1.19. The van der Waals surface area contributed by atoms with E-state index in [1.54, 1.807) is 13.0 Å². The van der Waals surface area contributed by atoms with Crippen molar-refractivity contribution in [1.82, 2.24) is 16.0 Å². The maximum absolute atomic E-state index is 12.1. The second kappa shape index (κ2) is 12.3. The van der Waals surface area contributed by atoms with Crippen LogP contribution in [0.1, 0.15) is 63.9 Å². The number of aliphatic hydroxyl groups is 1. The highest BCUT2D eigenvalue weighted by Gasteiger charge is 2.26. The van der Waals surface area contributed by atoms with Gasteiger partial charge in [0.1, 0.15) is 17.1 Å². The summed E-state index contributed by atoms with van der Waals surface area (Å²) in [4.78, 5) is 16.5. The van der Waals surface area contributed by atoms with Gasteiger partial charge in [-0.2, -0.15) is 0 Å². The van der Waals surface area contributed by atoms with E-state index in [0.29, 0.717) is 37.3 Å². The van der Waals surface area contributed by atoms with Gasteiger partial charge in [0.25, 0.3) is 0 Å². The van der Waals surface area contributed by atoms with Crippen molar-refractivity contribution in [3.8, 4) is 0 Å². The fraction of sp³-hybridized carbons (Fsp3) is 0.700. The molecule has 0 spiro atoms. The maximum atomic E-state index is 12.1. The lowest BCUT2D eigenvalue weighted by Gasteiger charge is -2.23. The summed E-state index contributed by atoms with van der Waals surface area (Å²) < 4.78 is 5.51. The molecule has 1 aromatic rings. The standard InChI is InChI=1S/C20H34N4O3.HI/c1-4-21-19(23-14-20(3,26)17-11-10-15(2)27-17)22-13-12-18(25)24-16-8-6-5-7-9-16;/h10-11,16,26H,4-9,12-14H2,1-3H3,(H,24,25)(H2,21,22,23);1H. The van der Waals surface area contributed by atoms with E-state index in [1.165, 1.54) is 19.3 Å². The summed E-state index contributed by atoms with van der Waals surface area (Å²) in [6.07, 6.45) is 6.26. The molecule has 2 rings (SSSR count). The molecule has 4 N–H and O–H groups in total. The van der Waals surface area contributed by atoms with Crippen molar-refractivity contribution in [3.05, 3.63) is 23.7 Å². The summed E-state index contributed by atoms with van der Waals surface area (Å²) in [5.74, 6) is 1.89. The molecule has 0 saturated heterocycles. The van der Waals surface area contributed by atoms with E-state index < -0.39 is 5.60 Å². The Hall–Kier alpha value is -1.29. The largest absolute Gasteiger partial charge is 0.463 e. The summed E-state index contributed by atoms with van der Waals surface area (Å²) >= 11 is 0. The number of nitrogens with zero attached hydrogens (tertiary/aromatic N) is 1. The molecule has 1 fully saturated rings. The second-order valence-corrected chi connectivity index (χ2v) is 7.46. The van der Waals surface area contributed by atoms with Crippen LogP contribution in [0.3, 0.4) is 0 Å². The first-order chi connectivity index (χ1) is 12.9. The van der Waals surface area contributed by atoms with Crippen LogP contribution in [0.5, 0.6) is 0 Å². The van der Waals surface area contributed by atoms with Crippen LogP contribution in [0, 0.1) is 6.92 Å². The number of guanidine groups is 1. The van der Waals surface area contributed by atoms with Gasteiger partial charge in [-0.25, -0.2) is 4.99 Å². The first-order valence-corrected chi connectivity index (χ1v) is 10.0. The smallest absolute Gasteiger partial charge is 0.221 e. The van der Waals surface area contributed by atoms with E-state index in [0.717, 1.165) is 18.6 Å². The van der Waals surface area contributed by atoms with Crippen molar-refractivity contribution in [3.63, 3.8) is 0 Å². The molecular formula is C20H35IN4O3. The first-order valence-electron chi connectivity index (χ1n) is 10.0. The minimum absolute atomic E-state index is 0. The van der Waals surface area contributed by atoms with Gasteiger partial charge >= 0.3 is 0 Å². The van der Waals surface area contributed by atoms with Gasteiger partial charge < -0.3 is 25.5 Å². The minimum atomic E-state index is -1.19. The van der Waals surface area contributed by atoms with Gasteiger partial charge in [-0.15, -0.1) is 24.0 Å². The van der Waals surface area contributed by atoms with Gasteiger partial charge in [0.2, 0.25) is 5.91 Å². The van der Waals surface area contributed by atoms with Crippen LogP contribution in [0.4, 0.5) is 0 Å². The number of hydrogen-bond donors (Lipinski definition) is 4. The van der Waals surface area contributed by atoms with Crippen LogP contribution in [0.15, 0.2) is 21.5 Å². The number of amides is 1. The van der Waals surface area contributed by atoms with Crippen molar-refractivity contribution >= 4 is 35.8 Å². The number of carbonyl (C=O) groups excluding carboxylic acids is 1. The predicted molar refractivity (Wildman–Crippen MR) is 122 cm³/mol. The van der Waals surface area contributed by atoms with Crippen LogP contribution in [-0.4, -0.2) is 42.6 Å². The second-order valence-electron chi connectivity index (χ2n) is 7.46. The molecule has 0 bridgehead atoms. The Kier molecular flexibility index (Phi) is 10.9. The normalized spacial score (nSPS) is 17.4. The molecule has 160 valence electrons. The Labute approximate surface area is 185 Å². The van der Waals surface area contributed by atoms with Crippen molar-refractivity contribution in [2.24, 2.45) is 4.99 Å². The fourth-order valence-corrected chi connectivity index (χ4v) is 3.22. The third-order valence-corrected chi connectivity index (χ3v) is 4.78. The van der Waals surface area contributed by atoms with E-state index in [9.17, 15) is 9.90 Å². The average molecular weight is 506 g/mol. The molecule has 0 aromatic carbocycles. The van der Waals surface area contributed by atoms with Gasteiger partial charge in [0, 0.05) is 25.6 Å². The van der Waals surface area contributed by atoms with Gasteiger partial charge in [-0.3, -0.25) is 4.79 Å². The maximum Gasteiger partial charge on any atom is 0.221 e. The molecule has 28 heavy (non-hydrogen) atoms. The summed E-state index contributed by atoms with van der Waals surface area (Å²) in [5, 5.41) is 20.0. The molecular weight excluding hydrogens is 471 g/mol. The molecule has 1 aliphatic rings. The molecule has 1 atom stereocenters. The highest BCUT2D eigenvalue weighted by molar-refractivity contribution is 14.0. The van der Waals surface area contributed by atoms with Crippen LogP contribution >= 0.6 is 24.0 Å². The molecule has 1 heterocycles. The number of aliphatic imine (C=N–C) groups is 1. The first kappa shape index (κ1) is 24.7. The van der Waals surface area contributed by atoms with Crippen LogP contribution in [0.2, 0.25) is 0 Å². The SMILES string of the molecule is CCNC(=NCC(C)(O)c1ccc(C)o1)NCCC(=O)NC1CCCCC1.I. The highest BCUT2D eigenvalue weighted by atomic mass is 127. The van der Waals surface area contributed by atoms with Crippen LogP contribution in [0.25, 0.3) is 0 Å². The summed E-state index contributed by atoms with van der Waals surface area (Å²) in [7, 11) is 0. The Morgan fingerprint density at radius 3 is 2.61 bits per heavy atom. The Bertz CT molecular complexity index is 625. The Morgan fingerprint density at radius 1 is 1.29 bits per heavy atom. The van der Waals surface area contributed by atoms with Crippen molar-refractivity contribution in [1.29, 1.82) is 0 Å². The molecule has 8 heteroatoms. The van der Waals surface area contributed by atoms with Crippen molar-refractivity contribution < 1.29 is 14.3 Å². The van der Waals surface area contributed by atoms with E-state index >= 15 is 0 Å². The van der Waals surface area contributed by atoms with Crippen molar-refractivity contribution in [2.75, 3.05) is 19.6 Å². The summed E-state index contributed by atoms with van der Waals surface area (Å²) in [6.45, 7) is 6.84. The molecule has 1 aliphatic carbocycles. The third-order valence-electron chi connectivity index (χ3n) is 4.78. The molecule has 1 saturated carbocycles. The average Bonchev–Trinajstić information content (AvgIpc) is 3.08. The molecule has 0 aliphatic heterocycles. The van der Waals surface area contributed by atoms with E-state index in [1.807, 2.05) is 19.9 Å². The molecule has 1 amide bonds. The number of rotatable bonds is 8. The number of nitrogens with one attached hydrogen (secondary N) is 3. The lowest BCUT2D eigenvalue weighted by atomic mass is 9.95. The molecule has 0 radical (unpaired) electrons. The van der Waals surface area contributed by atoms with E-state index in [4.69, 9.17) is 4.42 Å². The fourth-order valence-electron chi connectivity index (χ4n) is 3.22. The number of carbonyl (C=O) groups is 1. The monoisotopic (exact) mass is 506 g/mol. The summed E-state index contributed by atoms with van der Waals surface area (Å²) in [6, 6.07) is 3.92. The third kappa shape index (κ3) is 8.38. The van der Waals surface area contributed by atoms with Gasteiger partial charge in [0.15, 0.2) is 5.96 Å². The van der Waals surface area contributed by atoms with Gasteiger partial charge in [-0.05, 0) is 45.7 Å². The quantitative estimate of drug-likeness (QED) is 0.247. The molecule has 1 unspecified atom stereocenters. The van der Waals surface area contributed by atoms with E-state index in [-0.39, 0.29) is 36.4 Å². The van der Waals surface area contributed by atoms with Crippen molar-refractivity contribution in [2.45, 2.75) is 70.9 Å². The van der Waals surface area contributed by atoms with Gasteiger partial charge in [-0.1, -0.05) is 19.3 Å². The van der Waals surface area contributed by atoms with Crippen LogP contribution < -0.4 is 16.0 Å². The zero-order valence-corrected chi connectivity index (χ0v) is 19.5. The lowest BCUT2D eigenvalue weighted by Crippen LogP contribution is -2.42. The zero-order chi connectivity index (χ0) is 19.7. The Balaban J connectivity index is 0.00000392. The molecule has 7 nitrogen and oxygen atoms in total. The Morgan fingerprint density at radius 2 is 2.00 bits per heavy atom. The topological polar surface area (TPSA) is 98.9 Å². The van der Waals surface area contributed by atoms with E-state index in [2.05, 4.69) is 20.9 Å². The predicted octanol–water partition coefficient (Wildman–Crippen LogP) is 2.81. The minimum Gasteiger partial charge on any atom is -0.463 e. The van der Waals surface area contributed by atoms with Gasteiger partial charge in [0.05, 0.1) is 6.54 Å². The lowest BCUT2D eigenvalue weighted by molar-refractivity contribution is -0.121. The number of furan rings is 1.